The van der Waals surface area contributed by atoms with E-state index >= 15 is 0 Å². The van der Waals surface area contributed by atoms with Gasteiger partial charge in [-0.1, -0.05) is 13.0 Å². The number of aromatic amines is 1. The largest absolute Gasteiger partial charge is 0.348 e. The van der Waals surface area contributed by atoms with Crippen LogP contribution in [-0.4, -0.2) is 41.5 Å². The lowest BCUT2D eigenvalue weighted by Gasteiger charge is -2.23. The van der Waals surface area contributed by atoms with Crippen molar-refractivity contribution in [1.82, 2.24) is 15.2 Å². The molecule has 2 aromatic heterocycles. The summed E-state index contributed by atoms with van der Waals surface area (Å²) < 4.78 is 0. The van der Waals surface area contributed by atoms with Gasteiger partial charge in [0.2, 0.25) is 0 Å². The minimum absolute atomic E-state index is 0.0759. The quantitative estimate of drug-likeness (QED) is 0.846. The van der Waals surface area contributed by atoms with Gasteiger partial charge < -0.3 is 15.2 Å². The third kappa shape index (κ3) is 3.94. The van der Waals surface area contributed by atoms with Crippen LogP contribution in [0.3, 0.4) is 0 Å². The van der Waals surface area contributed by atoms with Gasteiger partial charge in [0.05, 0.1) is 10.6 Å². The summed E-state index contributed by atoms with van der Waals surface area (Å²) in [7, 11) is 0. The Hall–Kier alpha value is -1.92. The Morgan fingerprint density at radius 2 is 2.12 bits per heavy atom. The van der Waals surface area contributed by atoms with Crippen LogP contribution in [0.5, 0.6) is 0 Å². The predicted octanol–water partition coefficient (Wildman–Crippen LogP) is 2.71. The Morgan fingerprint density at radius 3 is 2.75 bits per heavy atom. The van der Waals surface area contributed by atoms with Crippen molar-refractivity contribution in [2.24, 2.45) is 0 Å². The minimum Gasteiger partial charge on any atom is -0.348 e. The average molecular weight is 345 g/mol. The highest BCUT2D eigenvalue weighted by molar-refractivity contribution is 7.13. The fourth-order valence-electron chi connectivity index (χ4n) is 3.04. The number of nitrogens with one attached hydrogen (secondary N) is 2. The van der Waals surface area contributed by atoms with E-state index in [1.54, 1.807) is 23.5 Å². The van der Waals surface area contributed by atoms with E-state index in [0.29, 0.717) is 0 Å². The molecule has 0 spiro atoms. The van der Waals surface area contributed by atoms with Crippen molar-refractivity contribution >= 4 is 17.2 Å². The van der Waals surface area contributed by atoms with Gasteiger partial charge in [-0.15, -0.1) is 11.3 Å². The van der Waals surface area contributed by atoms with Crippen LogP contribution in [-0.2, 0) is 0 Å². The van der Waals surface area contributed by atoms with Crippen LogP contribution in [0.4, 0.5) is 0 Å². The maximum absolute atomic E-state index is 12.5. The number of hydrogen-bond acceptors (Lipinski definition) is 4. The molecule has 1 aliphatic heterocycles. The molecular formula is C18H23N3O2S. The first-order valence-electron chi connectivity index (χ1n) is 8.48. The van der Waals surface area contributed by atoms with E-state index in [0.717, 1.165) is 36.6 Å². The molecule has 3 heterocycles. The molecule has 1 unspecified atom stereocenters. The lowest BCUT2D eigenvalue weighted by atomic mass is 10.1. The van der Waals surface area contributed by atoms with Crippen molar-refractivity contribution in [3.63, 3.8) is 0 Å². The molecule has 0 aliphatic carbocycles. The first-order chi connectivity index (χ1) is 11.7. The lowest BCUT2D eigenvalue weighted by molar-refractivity contribution is 0.0924. The Bertz CT molecular complexity index is 733. The zero-order valence-electron chi connectivity index (χ0n) is 13.9. The topological polar surface area (TPSA) is 65.2 Å². The molecule has 24 heavy (non-hydrogen) atoms. The second-order valence-corrected chi connectivity index (χ2v) is 7.13. The molecule has 6 heteroatoms. The zero-order valence-corrected chi connectivity index (χ0v) is 14.7. The highest BCUT2D eigenvalue weighted by Gasteiger charge is 2.20. The number of pyridine rings is 1. The maximum atomic E-state index is 12.5. The molecule has 1 atom stereocenters. The van der Waals surface area contributed by atoms with E-state index in [1.807, 2.05) is 17.5 Å². The molecule has 1 aliphatic rings. The molecule has 0 saturated carbocycles. The number of nitrogens with zero attached hydrogens (tertiary/aromatic N) is 1. The Balaban J connectivity index is 1.68. The summed E-state index contributed by atoms with van der Waals surface area (Å²) in [5, 5.41) is 4.96. The van der Waals surface area contributed by atoms with E-state index in [2.05, 4.69) is 22.1 Å². The van der Waals surface area contributed by atoms with Crippen LogP contribution in [0.1, 0.15) is 36.5 Å². The summed E-state index contributed by atoms with van der Waals surface area (Å²) in [5.41, 5.74) is 0.584. The molecule has 0 radical (unpaired) electrons. The van der Waals surface area contributed by atoms with E-state index in [9.17, 15) is 9.59 Å². The van der Waals surface area contributed by atoms with Gasteiger partial charge in [0.15, 0.2) is 0 Å². The summed E-state index contributed by atoms with van der Waals surface area (Å²) in [4.78, 5) is 30.9. The maximum Gasteiger partial charge on any atom is 0.261 e. The number of carbonyl (C=O) groups excluding carboxylic acids is 1. The van der Waals surface area contributed by atoms with Crippen LogP contribution in [0, 0.1) is 0 Å². The number of likely N-dealkylation sites (tertiary alicyclic amines) is 1. The van der Waals surface area contributed by atoms with E-state index in [1.165, 1.54) is 12.8 Å². The van der Waals surface area contributed by atoms with E-state index in [-0.39, 0.29) is 23.1 Å². The van der Waals surface area contributed by atoms with Gasteiger partial charge in [-0.25, -0.2) is 0 Å². The second kappa shape index (κ2) is 7.77. The molecule has 1 amide bonds. The number of rotatable bonds is 6. The number of thiophene rings is 1. The predicted molar refractivity (Wildman–Crippen MR) is 97.6 cm³/mol. The van der Waals surface area contributed by atoms with Gasteiger partial charge in [-0.05, 0) is 55.9 Å². The van der Waals surface area contributed by atoms with Crippen molar-refractivity contribution in [1.29, 1.82) is 0 Å². The van der Waals surface area contributed by atoms with Crippen LogP contribution < -0.4 is 10.9 Å². The monoisotopic (exact) mass is 345 g/mol. The van der Waals surface area contributed by atoms with Crippen molar-refractivity contribution in [3.8, 4) is 10.6 Å². The highest BCUT2D eigenvalue weighted by Crippen LogP contribution is 2.21. The van der Waals surface area contributed by atoms with Crippen molar-refractivity contribution in [3.05, 3.63) is 45.6 Å². The third-order valence-electron chi connectivity index (χ3n) is 4.45. The van der Waals surface area contributed by atoms with Crippen LogP contribution in [0.15, 0.2) is 34.4 Å². The number of aromatic nitrogens is 1. The van der Waals surface area contributed by atoms with Gasteiger partial charge in [0.25, 0.3) is 11.5 Å². The Labute approximate surface area is 145 Å². The first-order valence-corrected chi connectivity index (χ1v) is 9.35. The van der Waals surface area contributed by atoms with Gasteiger partial charge in [0.1, 0.15) is 5.56 Å². The summed E-state index contributed by atoms with van der Waals surface area (Å²) >= 11 is 1.55. The number of amides is 1. The molecular weight excluding hydrogens is 322 g/mol. The molecule has 5 nitrogen and oxygen atoms in total. The van der Waals surface area contributed by atoms with E-state index < -0.39 is 0 Å². The van der Waals surface area contributed by atoms with Crippen LogP contribution in [0.25, 0.3) is 10.6 Å². The Kier molecular flexibility index (Phi) is 5.48. The van der Waals surface area contributed by atoms with Crippen LogP contribution in [0.2, 0.25) is 0 Å². The minimum atomic E-state index is -0.338. The summed E-state index contributed by atoms with van der Waals surface area (Å²) in [6.07, 6.45) is 3.32. The van der Waals surface area contributed by atoms with Crippen molar-refractivity contribution in [2.75, 3.05) is 19.6 Å². The highest BCUT2D eigenvalue weighted by atomic mass is 32.1. The van der Waals surface area contributed by atoms with Gasteiger partial charge in [-0.3, -0.25) is 9.59 Å². The molecule has 128 valence electrons. The smallest absolute Gasteiger partial charge is 0.261 e. The Morgan fingerprint density at radius 1 is 1.33 bits per heavy atom. The standard InChI is InChI=1S/C18H23N3O2S/c1-2-13(12-21-9-3-4-10-21)19-17(22)14-7-8-15(20-18(14)23)16-6-5-11-24-16/h5-8,11,13H,2-4,9-10,12H2,1H3,(H,19,22)(H,20,23). The first kappa shape index (κ1) is 16.9. The van der Waals surface area contributed by atoms with E-state index in [4.69, 9.17) is 0 Å². The number of carbonyl (C=O) groups is 1. The van der Waals surface area contributed by atoms with Crippen molar-refractivity contribution < 1.29 is 4.79 Å². The summed E-state index contributed by atoms with van der Waals surface area (Å²) in [6, 6.07) is 7.36. The normalized spacial score (nSPS) is 16.2. The zero-order chi connectivity index (χ0) is 16.9. The molecule has 0 bridgehead atoms. The molecule has 2 N–H and O–H groups in total. The lowest BCUT2D eigenvalue weighted by Crippen LogP contribution is -2.44. The number of hydrogen-bond donors (Lipinski definition) is 2. The fraction of sp³-hybridized carbons (Fsp3) is 0.444. The molecule has 2 aromatic rings. The van der Waals surface area contributed by atoms with Gasteiger partial charge in [0, 0.05) is 12.6 Å². The molecule has 3 rings (SSSR count). The number of H-pyrrole nitrogens is 1. The van der Waals surface area contributed by atoms with Gasteiger partial charge >= 0.3 is 0 Å². The summed E-state index contributed by atoms with van der Waals surface area (Å²) in [6.45, 7) is 5.11. The van der Waals surface area contributed by atoms with Crippen LogP contribution >= 0.6 is 11.3 Å². The van der Waals surface area contributed by atoms with Gasteiger partial charge in [-0.2, -0.15) is 0 Å². The van der Waals surface area contributed by atoms with Crippen molar-refractivity contribution in [2.45, 2.75) is 32.2 Å². The SMILES string of the molecule is CCC(CN1CCCC1)NC(=O)c1ccc(-c2cccs2)[nH]c1=O. The molecule has 0 aromatic carbocycles. The molecule has 1 saturated heterocycles. The summed E-state index contributed by atoms with van der Waals surface area (Å²) in [5.74, 6) is -0.292. The third-order valence-corrected chi connectivity index (χ3v) is 5.35. The fourth-order valence-corrected chi connectivity index (χ4v) is 3.75. The second-order valence-electron chi connectivity index (χ2n) is 6.18. The average Bonchev–Trinajstić information content (AvgIpc) is 3.27. The molecule has 1 fully saturated rings.